The molecule has 2 atom stereocenters. The van der Waals surface area contributed by atoms with Gasteiger partial charge in [-0.1, -0.05) is 20.8 Å². The summed E-state index contributed by atoms with van der Waals surface area (Å²) in [5, 5.41) is 0. The van der Waals surface area contributed by atoms with Crippen LogP contribution in [-0.2, 0) is 0 Å². The number of aromatic amines is 1. The molecule has 0 spiro atoms. The number of nitrogen functional groups attached to an aromatic ring is 1. The van der Waals surface area contributed by atoms with E-state index in [-0.39, 0.29) is 6.10 Å². The maximum Gasteiger partial charge on any atom is 0.294 e. The average molecular weight is 273 g/mol. The van der Waals surface area contributed by atoms with E-state index in [1.807, 2.05) is 18.2 Å². The van der Waals surface area contributed by atoms with Gasteiger partial charge < -0.3 is 15.5 Å². The van der Waals surface area contributed by atoms with E-state index in [1.54, 1.807) is 0 Å². The Balaban J connectivity index is 1.78. The zero-order chi connectivity index (χ0) is 14.3. The SMILES string of the molecule is CC1CC(Oc2nc3ccc(N)cc3[nH]2)CC(C)(C)C1. The van der Waals surface area contributed by atoms with Gasteiger partial charge in [-0.05, 0) is 48.8 Å². The van der Waals surface area contributed by atoms with Crippen LogP contribution in [0.25, 0.3) is 11.0 Å². The van der Waals surface area contributed by atoms with Crippen molar-refractivity contribution in [3.05, 3.63) is 18.2 Å². The number of ether oxygens (including phenoxy) is 1. The lowest BCUT2D eigenvalue weighted by atomic mass is 9.71. The number of nitrogens with zero attached hydrogens (tertiary/aromatic N) is 1. The van der Waals surface area contributed by atoms with Crippen molar-refractivity contribution in [2.45, 2.75) is 46.1 Å². The fourth-order valence-corrected chi connectivity index (χ4v) is 3.57. The van der Waals surface area contributed by atoms with Crippen LogP contribution in [0.4, 0.5) is 5.69 Å². The van der Waals surface area contributed by atoms with Crippen molar-refractivity contribution in [3.63, 3.8) is 0 Å². The second-order valence-corrected chi connectivity index (χ2v) is 6.97. The van der Waals surface area contributed by atoms with Crippen molar-refractivity contribution in [1.82, 2.24) is 9.97 Å². The van der Waals surface area contributed by atoms with Crippen molar-refractivity contribution in [3.8, 4) is 6.01 Å². The van der Waals surface area contributed by atoms with E-state index in [0.717, 1.165) is 29.6 Å². The summed E-state index contributed by atoms with van der Waals surface area (Å²) in [4.78, 5) is 7.70. The third-order valence-electron chi connectivity index (χ3n) is 4.11. The molecule has 2 unspecified atom stereocenters. The molecular formula is C16H23N3O. The highest BCUT2D eigenvalue weighted by molar-refractivity contribution is 5.79. The lowest BCUT2D eigenvalue weighted by molar-refractivity contribution is 0.0508. The van der Waals surface area contributed by atoms with E-state index in [1.165, 1.54) is 6.42 Å². The molecule has 0 saturated heterocycles. The second-order valence-electron chi connectivity index (χ2n) is 6.97. The maximum absolute atomic E-state index is 6.08. The van der Waals surface area contributed by atoms with Crippen molar-refractivity contribution in [2.75, 3.05) is 5.73 Å². The number of rotatable bonds is 2. The Morgan fingerprint density at radius 2 is 2.15 bits per heavy atom. The number of hydrogen-bond acceptors (Lipinski definition) is 3. The van der Waals surface area contributed by atoms with E-state index < -0.39 is 0 Å². The van der Waals surface area contributed by atoms with Gasteiger partial charge in [0.2, 0.25) is 0 Å². The summed E-state index contributed by atoms with van der Waals surface area (Å²) in [6.45, 7) is 6.94. The quantitative estimate of drug-likeness (QED) is 0.819. The molecule has 0 aliphatic heterocycles. The smallest absolute Gasteiger partial charge is 0.294 e. The van der Waals surface area contributed by atoms with Crippen LogP contribution in [0.15, 0.2) is 18.2 Å². The van der Waals surface area contributed by atoms with Crippen LogP contribution in [0, 0.1) is 11.3 Å². The normalized spacial score (nSPS) is 25.8. The number of anilines is 1. The maximum atomic E-state index is 6.08. The number of imidazole rings is 1. The predicted octanol–water partition coefficient (Wildman–Crippen LogP) is 3.74. The van der Waals surface area contributed by atoms with Crippen LogP contribution in [0.5, 0.6) is 6.01 Å². The van der Waals surface area contributed by atoms with Gasteiger partial charge in [-0.2, -0.15) is 4.98 Å². The number of benzene rings is 1. The summed E-state index contributed by atoms with van der Waals surface area (Å²) >= 11 is 0. The molecule has 2 aromatic rings. The minimum atomic E-state index is 0.242. The lowest BCUT2D eigenvalue weighted by Gasteiger charge is -2.38. The van der Waals surface area contributed by atoms with Crippen LogP contribution < -0.4 is 10.5 Å². The third kappa shape index (κ3) is 2.74. The summed E-state index contributed by atoms with van der Waals surface area (Å²) in [7, 11) is 0. The third-order valence-corrected chi connectivity index (χ3v) is 4.11. The average Bonchev–Trinajstić information content (AvgIpc) is 2.67. The van der Waals surface area contributed by atoms with Crippen LogP contribution in [0.2, 0.25) is 0 Å². The number of nitrogens with one attached hydrogen (secondary N) is 1. The van der Waals surface area contributed by atoms with E-state index in [9.17, 15) is 0 Å². The van der Waals surface area contributed by atoms with Crippen molar-refractivity contribution in [1.29, 1.82) is 0 Å². The highest BCUT2D eigenvalue weighted by atomic mass is 16.5. The standard InChI is InChI=1S/C16H23N3O/c1-10-6-12(9-16(2,3)8-10)20-15-18-13-5-4-11(17)7-14(13)19-15/h4-5,7,10,12H,6,8-9,17H2,1-3H3,(H,18,19). The Bertz CT molecular complexity index is 617. The number of hydrogen-bond donors (Lipinski definition) is 2. The van der Waals surface area contributed by atoms with Crippen LogP contribution in [0.1, 0.15) is 40.0 Å². The van der Waals surface area contributed by atoms with E-state index in [4.69, 9.17) is 10.5 Å². The molecule has 0 amide bonds. The van der Waals surface area contributed by atoms with Gasteiger partial charge in [-0.15, -0.1) is 0 Å². The Morgan fingerprint density at radius 1 is 1.35 bits per heavy atom. The van der Waals surface area contributed by atoms with Gasteiger partial charge in [-0.25, -0.2) is 0 Å². The number of H-pyrrole nitrogens is 1. The lowest BCUT2D eigenvalue weighted by Crippen LogP contribution is -2.34. The summed E-state index contributed by atoms with van der Waals surface area (Å²) < 4.78 is 6.08. The monoisotopic (exact) mass is 273 g/mol. The topological polar surface area (TPSA) is 63.9 Å². The molecule has 4 nitrogen and oxygen atoms in total. The zero-order valence-corrected chi connectivity index (χ0v) is 12.4. The molecule has 1 fully saturated rings. The summed E-state index contributed by atoms with van der Waals surface area (Å²) in [6.07, 6.45) is 3.69. The molecule has 1 heterocycles. The van der Waals surface area contributed by atoms with Crippen LogP contribution in [-0.4, -0.2) is 16.1 Å². The van der Waals surface area contributed by atoms with E-state index >= 15 is 0 Å². The Hall–Kier alpha value is -1.71. The Kier molecular flexibility index (Phi) is 3.11. The van der Waals surface area contributed by atoms with Gasteiger partial charge in [0.1, 0.15) is 6.10 Å². The molecule has 4 heteroatoms. The van der Waals surface area contributed by atoms with Gasteiger partial charge in [0.05, 0.1) is 11.0 Å². The fraction of sp³-hybridized carbons (Fsp3) is 0.562. The molecule has 108 valence electrons. The molecule has 0 radical (unpaired) electrons. The van der Waals surface area contributed by atoms with Gasteiger partial charge in [0.15, 0.2) is 0 Å². The first-order chi connectivity index (χ1) is 9.41. The Morgan fingerprint density at radius 3 is 2.90 bits per heavy atom. The number of fused-ring (bicyclic) bond motifs is 1. The number of nitrogens with two attached hydrogens (primary N) is 1. The van der Waals surface area contributed by atoms with Crippen molar-refractivity contribution < 1.29 is 4.74 Å². The molecule has 1 saturated carbocycles. The summed E-state index contributed by atoms with van der Waals surface area (Å²) in [6, 6.07) is 6.28. The number of aromatic nitrogens is 2. The van der Waals surface area contributed by atoms with Crippen molar-refractivity contribution in [2.24, 2.45) is 11.3 Å². The van der Waals surface area contributed by atoms with Gasteiger partial charge in [-0.3, -0.25) is 0 Å². The first kappa shape index (κ1) is 13.3. The zero-order valence-electron chi connectivity index (χ0n) is 12.4. The highest BCUT2D eigenvalue weighted by Crippen LogP contribution is 2.39. The largest absolute Gasteiger partial charge is 0.461 e. The van der Waals surface area contributed by atoms with E-state index in [2.05, 4.69) is 30.7 Å². The molecule has 1 aliphatic rings. The molecule has 3 rings (SSSR count). The Labute approximate surface area is 119 Å². The molecular weight excluding hydrogens is 250 g/mol. The predicted molar refractivity (Wildman–Crippen MR) is 81.7 cm³/mol. The molecule has 1 aromatic carbocycles. The molecule has 1 aromatic heterocycles. The summed E-state index contributed by atoms with van der Waals surface area (Å²) in [5.41, 5.74) is 8.70. The molecule has 20 heavy (non-hydrogen) atoms. The first-order valence-electron chi connectivity index (χ1n) is 7.33. The van der Waals surface area contributed by atoms with Gasteiger partial charge in [0.25, 0.3) is 6.01 Å². The van der Waals surface area contributed by atoms with Gasteiger partial charge >= 0.3 is 0 Å². The van der Waals surface area contributed by atoms with Crippen LogP contribution >= 0.6 is 0 Å². The summed E-state index contributed by atoms with van der Waals surface area (Å²) in [5.74, 6) is 0.698. The fourth-order valence-electron chi connectivity index (χ4n) is 3.57. The minimum absolute atomic E-state index is 0.242. The van der Waals surface area contributed by atoms with Crippen LogP contribution in [0.3, 0.4) is 0 Å². The first-order valence-corrected chi connectivity index (χ1v) is 7.33. The molecule has 0 bridgehead atoms. The second kappa shape index (κ2) is 4.69. The minimum Gasteiger partial charge on any atom is -0.461 e. The van der Waals surface area contributed by atoms with Crippen molar-refractivity contribution >= 4 is 16.7 Å². The van der Waals surface area contributed by atoms with E-state index in [0.29, 0.717) is 17.3 Å². The highest BCUT2D eigenvalue weighted by Gasteiger charge is 2.33. The molecule has 1 aliphatic carbocycles. The van der Waals surface area contributed by atoms with Gasteiger partial charge in [0, 0.05) is 5.69 Å². The molecule has 3 N–H and O–H groups in total.